The average Bonchev–Trinajstić information content (AvgIpc) is 3.07. The van der Waals surface area contributed by atoms with Crippen LogP contribution in [0, 0.1) is 0 Å². The topological polar surface area (TPSA) is 129 Å². The van der Waals surface area contributed by atoms with E-state index in [1.165, 1.54) is 0 Å². The Morgan fingerprint density at radius 1 is 1.29 bits per heavy atom. The maximum Gasteiger partial charge on any atom is 0.239 e. The van der Waals surface area contributed by atoms with Crippen molar-refractivity contribution in [2.24, 2.45) is 0 Å². The summed E-state index contributed by atoms with van der Waals surface area (Å²) in [4.78, 5) is 17.7. The molecule has 0 unspecified atom stereocenters. The van der Waals surface area contributed by atoms with E-state index >= 15 is 0 Å². The van der Waals surface area contributed by atoms with Crippen molar-refractivity contribution in [2.45, 2.75) is 13.0 Å². The lowest BCUT2D eigenvalue weighted by molar-refractivity contribution is -0.129. The van der Waals surface area contributed by atoms with Crippen molar-refractivity contribution >= 4 is 22.9 Å². The first-order valence-electron chi connectivity index (χ1n) is 6.32. The van der Waals surface area contributed by atoms with Crippen LogP contribution in [0.25, 0.3) is 11.0 Å². The number of aromatic amines is 2. The molecule has 2 heterocycles. The number of anilines is 1. The van der Waals surface area contributed by atoms with Gasteiger partial charge in [-0.3, -0.25) is 9.89 Å². The minimum absolute atomic E-state index is 0.0344. The zero-order valence-electron chi connectivity index (χ0n) is 11.4. The predicted molar refractivity (Wildman–Crippen MR) is 74.9 cm³/mol. The fourth-order valence-electron chi connectivity index (χ4n) is 2.00. The van der Waals surface area contributed by atoms with E-state index in [4.69, 9.17) is 5.73 Å². The summed E-state index contributed by atoms with van der Waals surface area (Å²) in [6.07, 6.45) is 0.281. The highest BCUT2D eigenvalue weighted by Gasteiger charge is 2.13. The third kappa shape index (κ3) is 2.81. The van der Waals surface area contributed by atoms with Crippen molar-refractivity contribution < 1.29 is 4.79 Å². The van der Waals surface area contributed by atoms with Gasteiger partial charge >= 0.3 is 0 Å². The number of carbonyl (C=O) groups excluding carboxylic acids is 1. The van der Waals surface area contributed by atoms with Crippen molar-refractivity contribution in [3.05, 3.63) is 29.6 Å². The first-order chi connectivity index (χ1) is 10.1. The predicted octanol–water partition coefficient (Wildman–Crippen LogP) is -0.141. The van der Waals surface area contributed by atoms with Crippen LogP contribution in [0.3, 0.4) is 0 Å². The van der Waals surface area contributed by atoms with Gasteiger partial charge in [-0.05, 0) is 17.7 Å². The molecule has 0 saturated heterocycles. The first kappa shape index (κ1) is 13.0. The number of carbonyl (C=O) groups is 1. The molecule has 9 nitrogen and oxygen atoms in total. The number of H-pyrrole nitrogens is 2. The summed E-state index contributed by atoms with van der Waals surface area (Å²) in [5, 5.41) is 16.9. The van der Waals surface area contributed by atoms with Gasteiger partial charge in [-0.2, -0.15) is 20.4 Å². The number of hydrogen-bond donors (Lipinski definition) is 3. The lowest BCUT2D eigenvalue weighted by Gasteiger charge is -2.15. The van der Waals surface area contributed by atoms with Crippen molar-refractivity contribution in [2.75, 3.05) is 12.8 Å². The van der Waals surface area contributed by atoms with E-state index in [0.717, 1.165) is 16.6 Å². The van der Waals surface area contributed by atoms with Gasteiger partial charge in [0.1, 0.15) is 16.9 Å². The normalized spacial score (nSPS) is 10.9. The van der Waals surface area contributed by atoms with E-state index in [9.17, 15) is 4.79 Å². The standard InChI is InChI=1S/C12H14N8O/c1-20(6-10-14-12(13)18-17-10)11(21)5-7-2-3-8-9(4-7)16-19-15-8/h2-4H,5-6H2,1H3,(H,15,16,19)(H3,13,14,17,18). The summed E-state index contributed by atoms with van der Waals surface area (Å²) in [6, 6.07) is 5.54. The zero-order valence-corrected chi connectivity index (χ0v) is 11.4. The van der Waals surface area contributed by atoms with Crippen molar-refractivity contribution in [1.82, 2.24) is 35.5 Å². The fourth-order valence-corrected chi connectivity index (χ4v) is 2.00. The molecule has 0 radical (unpaired) electrons. The Morgan fingerprint density at radius 2 is 2.10 bits per heavy atom. The SMILES string of the molecule is CN(Cc1nc(N)n[nH]1)C(=O)Cc1ccc2n[nH]nc2c1. The van der Waals surface area contributed by atoms with E-state index in [-0.39, 0.29) is 18.3 Å². The van der Waals surface area contributed by atoms with Crippen LogP contribution < -0.4 is 5.73 Å². The smallest absolute Gasteiger partial charge is 0.239 e. The largest absolute Gasteiger partial charge is 0.367 e. The summed E-state index contributed by atoms with van der Waals surface area (Å²) in [5.41, 5.74) is 7.82. The maximum atomic E-state index is 12.2. The second kappa shape index (κ2) is 5.19. The Hall–Kier alpha value is -2.97. The number of amides is 1. The van der Waals surface area contributed by atoms with Crippen LogP contribution in [0.5, 0.6) is 0 Å². The molecule has 0 saturated carbocycles. The van der Waals surface area contributed by atoms with Gasteiger partial charge in [0.25, 0.3) is 0 Å². The number of nitrogens with zero attached hydrogens (tertiary/aromatic N) is 5. The number of rotatable bonds is 4. The zero-order chi connectivity index (χ0) is 14.8. The summed E-state index contributed by atoms with van der Waals surface area (Å²) < 4.78 is 0. The van der Waals surface area contributed by atoms with E-state index in [2.05, 4.69) is 30.6 Å². The Bertz CT molecular complexity index is 776. The van der Waals surface area contributed by atoms with Gasteiger partial charge in [0.2, 0.25) is 11.9 Å². The number of nitrogen functional groups attached to an aromatic ring is 1. The quantitative estimate of drug-likeness (QED) is 0.612. The van der Waals surface area contributed by atoms with Crippen molar-refractivity contribution in [3.63, 3.8) is 0 Å². The molecule has 4 N–H and O–H groups in total. The van der Waals surface area contributed by atoms with Crippen LogP contribution in [0.2, 0.25) is 0 Å². The van der Waals surface area contributed by atoms with E-state index in [1.807, 2.05) is 18.2 Å². The van der Waals surface area contributed by atoms with Crippen LogP contribution in [0.15, 0.2) is 18.2 Å². The second-order valence-corrected chi connectivity index (χ2v) is 4.71. The molecule has 1 amide bonds. The van der Waals surface area contributed by atoms with Crippen molar-refractivity contribution in [1.29, 1.82) is 0 Å². The van der Waals surface area contributed by atoms with Crippen LogP contribution in [-0.2, 0) is 17.8 Å². The highest BCUT2D eigenvalue weighted by Crippen LogP contribution is 2.12. The molecule has 3 rings (SSSR count). The number of likely N-dealkylation sites (N-methyl/N-ethyl adjacent to an activating group) is 1. The molecule has 3 aromatic rings. The lowest BCUT2D eigenvalue weighted by Crippen LogP contribution is -2.28. The molecule has 108 valence electrons. The first-order valence-corrected chi connectivity index (χ1v) is 6.32. The molecule has 0 aliphatic heterocycles. The minimum Gasteiger partial charge on any atom is -0.367 e. The monoisotopic (exact) mass is 286 g/mol. The molecule has 0 aliphatic carbocycles. The van der Waals surface area contributed by atoms with Gasteiger partial charge in [0.05, 0.1) is 13.0 Å². The molecular formula is C12H14N8O. The number of aromatic nitrogens is 6. The lowest BCUT2D eigenvalue weighted by atomic mass is 10.1. The van der Waals surface area contributed by atoms with Gasteiger partial charge in [-0.25, -0.2) is 0 Å². The van der Waals surface area contributed by atoms with E-state index in [1.54, 1.807) is 11.9 Å². The molecule has 21 heavy (non-hydrogen) atoms. The number of benzene rings is 1. The molecule has 0 bridgehead atoms. The second-order valence-electron chi connectivity index (χ2n) is 4.71. The van der Waals surface area contributed by atoms with E-state index < -0.39 is 0 Å². The molecule has 0 fully saturated rings. The highest BCUT2D eigenvalue weighted by molar-refractivity contribution is 5.81. The van der Waals surface area contributed by atoms with Crippen LogP contribution in [0.4, 0.5) is 5.95 Å². The summed E-state index contributed by atoms with van der Waals surface area (Å²) >= 11 is 0. The van der Waals surface area contributed by atoms with Crippen LogP contribution in [0.1, 0.15) is 11.4 Å². The minimum atomic E-state index is -0.0344. The summed E-state index contributed by atoms with van der Waals surface area (Å²) in [7, 11) is 1.70. The Labute approximate surface area is 119 Å². The Kier molecular flexibility index (Phi) is 3.22. The molecule has 9 heteroatoms. The highest BCUT2D eigenvalue weighted by atomic mass is 16.2. The van der Waals surface area contributed by atoms with Gasteiger partial charge in [-0.15, -0.1) is 5.10 Å². The Morgan fingerprint density at radius 3 is 2.86 bits per heavy atom. The summed E-state index contributed by atoms with van der Waals surface area (Å²) in [6.45, 7) is 0.329. The van der Waals surface area contributed by atoms with Crippen LogP contribution >= 0.6 is 0 Å². The number of nitrogens with one attached hydrogen (secondary N) is 2. The van der Waals surface area contributed by atoms with Gasteiger partial charge in [0, 0.05) is 7.05 Å². The molecule has 0 spiro atoms. The number of hydrogen-bond acceptors (Lipinski definition) is 6. The third-order valence-electron chi connectivity index (χ3n) is 3.10. The molecule has 0 aliphatic rings. The molecule has 1 aromatic carbocycles. The summed E-state index contributed by atoms with van der Waals surface area (Å²) in [5.74, 6) is 0.686. The van der Waals surface area contributed by atoms with Gasteiger partial charge in [-0.1, -0.05) is 6.07 Å². The fraction of sp³-hybridized carbons (Fsp3) is 0.250. The molecule has 0 atom stereocenters. The van der Waals surface area contributed by atoms with Crippen molar-refractivity contribution in [3.8, 4) is 0 Å². The number of nitrogens with two attached hydrogens (primary N) is 1. The Balaban J connectivity index is 1.67. The van der Waals surface area contributed by atoms with Gasteiger partial charge in [0.15, 0.2) is 0 Å². The van der Waals surface area contributed by atoms with Crippen LogP contribution in [-0.4, -0.2) is 48.4 Å². The third-order valence-corrected chi connectivity index (χ3v) is 3.10. The number of fused-ring (bicyclic) bond motifs is 1. The van der Waals surface area contributed by atoms with Gasteiger partial charge < -0.3 is 10.6 Å². The molecular weight excluding hydrogens is 272 g/mol. The van der Waals surface area contributed by atoms with E-state index in [0.29, 0.717) is 12.4 Å². The molecule has 2 aromatic heterocycles. The maximum absolute atomic E-state index is 12.2. The average molecular weight is 286 g/mol.